The minimum Gasteiger partial charge on any atom is -1.00 e. The molecule has 3 heteroatoms. The van der Waals surface area contributed by atoms with Crippen LogP contribution in [0.15, 0.2) is 85.1 Å². The third kappa shape index (κ3) is 12.4. The van der Waals surface area contributed by atoms with E-state index < -0.39 is 0 Å². The van der Waals surface area contributed by atoms with Gasteiger partial charge in [0.15, 0.2) is 0 Å². The van der Waals surface area contributed by atoms with Crippen LogP contribution in [0.1, 0.15) is 38.5 Å². The van der Waals surface area contributed by atoms with Gasteiger partial charge in [0, 0.05) is 0 Å². The molecular formula is C22H26Cl2Zr. The summed E-state index contributed by atoms with van der Waals surface area (Å²) in [5.74, 6) is 0. The summed E-state index contributed by atoms with van der Waals surface area (Å²) >= 11 is 0. The molecule has 0 atom stereocenters. The van der Waals surface area contributed by atoms with Crippen LogP contribution >= 0.6 is 0 Å². The van der Waals surface area contributed by atoms with Gasteiger partial charge in [-0.15, -0.1) is 26.3 Å². The second-order valence-electron chi connectivity index (χ2n) is 5.30. The molecule has 0 bridgehead atoms. The van der Waals surface area contributed by atoms with Crippen LogP contribution in [0.25, 0.3) is 0 Å². The first-order chi connectivity index (χ1) is 10.7. The van der Waals surface area contributed by atoms with Gasteiger partial charge >= 0.3 is 26.2 Å². The van der Waals surface area contributed by atoms with Crippen LogP contribution in [0.4, 0.5) is 0 Å². The largest absolute Gasteiger partial charge is 4.00 e. The third-order valence-corrected chi connectivity index (χ3v) is 3.37. The Labute approximate surface area is 185 Å². The zero-order chi connectivity index (χ0) is 16.2. The number of halogens is 2. The van der Waals surface area contributed by atoms with Crippen LogP contribution in [0, 0.1) is 12.2 Å². The van der Waals surface area contributed by atoms with E-state index in [0.717, 1.165) is 38.5 Å². The molecule has 2 aliphatic carbocycles. The van der Waals surface area contributed by atoms with E-state index in [9.17, 15) is 0 Å². The molecule has 0 aliphatic heterocycles. The molecule has 0 N–H and O–H groups in total. The fourth-order valence-corrected chi connectivity index (χ4v) is 2.35. The summed E-state index contributed by atoms with van der Waals surface area (Å²) in [5.41, 5.74) is 5.24. The van der Waals surface area contributed by atoms with Gasteiger partial charge in [-0.05, 0) is 25.7 Å². The summed E-state index contributed by atoms with van der Waals surface area (Å²) < 4.78 is 0. The van der Waals surface area contributed by atoms with Gasteiger partial charge in [0.05, 0.1) is 0 Å². The van der Waals surface area contributed by atoms with Gasteiger partial charge in [0.1, 0.15) is 0 Å². The Morgan fingerprint density at radius 3 is 1.28 bits per heavy atom. The smallest absolute Gasteiger partial charge is 1.00 e. The van der Waals surface area contributed by atoms with Crippen LogP contribution in [0.3, 0.4) is 0 Å². The van der Waals surface area contributed by atoms with Crippen LogP contribution < -0.4 is 24.8 Å². The van der Waals surface area contributed by atoms with Gasteiger partial charge in [-0.1, -0.05) is 37.1 Å². The Morgan fingerprint density at radius 2 is 1.00 bits per heavy atom. The summed E-state index contributed by atoms with van der Waals surface area (Å²) in [6.45, 7) is 14.8. The first-order valence-corrected chi connectivity index (χ1v) is 7.78. The van der Waals surface area contributed by atoms with Crippen molar-refractivity contribution >= 4 is 0 Å². The fraction of sp³-hybridized carbons (Fsp3) is 0.273. The monoisotopic (exact) mass is 450 g/mol. The fourth-order valence-electron chi connectivity index (χ4n) is 2.35. The summed E-state index contributed by atoms with van der Waals surface area (Å²) in [4.78, 5) is 0. The normalized spacial score (nSPS) is 13.8. The maximum Gasteiger partial charge on any atom is 4.00 e. The van der Waals surface area contributed by atoms with E-state index in [4.69, 9.17) is 0 Å². The second kappa shape index (κ2) is 18.2. The number of hydrogen-bond acceptors (Lipinski definition) is 0. The molecule has 25 heavy (non-hydrogen) atoms. The van der Waals surface area contributed by atoms with Crippen LogP contribution in [0.5, 0.6) is 0 Å². The molecule has 0 heterocycles. The molecule has 0 spiro atoms. The standard InChI is InChI=1S/2C11H13.2ClH.Zr/c2*1-3-5-10-7-8-11(9-10)6-4-2;;;/h2*3-4,7H,1-2,5-6,8H2;2*1H;/q2*-1;;;+4/p-2. The first-order valence-electron chi connectivity index (χ1n) is 7.78. The van der Waals surface area contributed by atoms with Gasteiger partial charge in [-0.2, -0.15) is 11.1 Å². The predicted molar refractivity (Wildman–Crippen MR) is 98.2 cm³/mol. The Bertz CT molecular complexity index is 498. The van der Waals surface area contributed by atoms with Crippen LogP contribution in [-0.2, 0) is 26.2 Å². The van der Waals surface area contributed by atoms with Crippen molar-refractivity contribution in [3.63, 3.8) is 0 Å². The Kier molecular flexibility index (Phi) is 21.2. The summed E-state index contributed by atoms with van der Waals surface area (Å²) in [6.07, 6.45) is 24.7. The molecule has 0 amide bonds. The van der Waals surface area contributed by atoms with E-state index >= 15 is 0 Å². The molecule has 0 unspecified atom stereocenters. The topological polar surface area (TPSA) is 0 Å². The molecule has 0 aromatic carbocycles. The minimum absolute atomic E-state index is 0. The molecule has 0 aromatic heterocycles. The van der Waals surface area contributed by atoms with Gasteiger partial charge in [0.25, 0.3) is 0 Å². The molecule has 0 saturated carbocycles. The van der Waals surface area contributed by atoms with Crippen molar-refractivity contribution in [3.05, 3.63) is 97.2 Å². The first kappa shape index (κ1) is 29.2. The third-order valence-electron chi connectivity index (χ3n) is 3.37. The van der Waals surface area contributed by atoms with Gasteiger partial charge in [-0.25, -0.2) is 35.5 Å². The summed E-state index contributed by atoms with van der Waals surface area (Å²) in [6, 6.07) is 0. The predicted octanol–water partition coefficient (Wildman–Crippen LogP) is 0.402. The maximum absolute atomic E-state index is 3.69. The van der Waals surface area contributed by atoms with E-state index in [-0.39, 0.29) is 51.0 Å². The molecular weight excluding hydrogens is 426 g/mol. The quantitative estimate of drug-likeness (QED) is 0.370. The van der Waals surface area contributed by atoms with E-state index in [2.05, 4.69) is 50.6 Å². The van der Waals surface area contributed by atoms with Crippen molar-refractivity contribution in [1.82, 2.24) is 0 Å². The van der Waals surface area contributed by atoms with Crippen molar-refractivity contribution in [2.75, 3.05) is 0 Å². The van der Waals surface area contributed by atoms with E-state index in [1.165, 1.54) is 22.3 Å². The molecule has 0 fully saturated rings. The van der Waals surface area contributed by atoms with Crippen molar-refractivity contribution < 1.29 is 51.0 Å². The average Bonchev–Trinajstić information content (AvgIpc) is 3.12. The number of allylic oxidation sites excluding steroid dienone is 12. The van der Waals surface area contributed by atoms with Crippen molar-refractivity contribution in [3.8, 4) is 0 Å². The maximum atomic E-state index is 3.69. The van der Waals surface area contributed by atoms with Gasteiger partial charge in [0.2, 0.25) is 0 Å². The van der Waals surface area contributed by atoms with E-state index in [1.54, 1.807) is 0 Å². The Morgan fingerprint density at radius 1 is 0.680 bits per heavy atom. The molecule has 0 radical (unpaired) electrons. The van der Waals surface area contributed by atoms with Crippen LogP contribution in [0.2, 0.25) is 0 Å². The SMILES string of the molecule is C=CCC1=[C-]C(CC=C)=CC1.C=CCC1=[C-]C(CC=C)=CC1.[Cl-].[Cl-].[Zr+4]. The number of hydrogen-bond donors (Lipinski definition) is 0. The molecule has 0 aromatic rings. The number of rotatable bonds is 8. The molecule has 2 aliphatic rings. The van der Waals surface area contributed by atoms with Crippen molar-refractivity contribution in [1.29, 1.82) is 0 Å². The molecule has 2 rings (SSSR count). The minimum atomic E-state index is 0. The molecule has 132 valence electrons. The molecule has 0 nitrogen and oxygen atoms in total. The van der Waals surface area contributed by atoms with Gasteiger partial charge < -0.3 is 24.8 Å². The molecule has 0 saturated heterocycles. The average molecular weight is 453 g/mol. The van der Waals surface area contributed by atoms with Crippen molar-refractivity contribution in [2.45, 2.75) is 38.5 Å². The Hall–Kier alpha value is -0.617. The van der Waals surface area contributed by atoms with Crippen LogP contribution in [-0.4, -0.2) is 0 Å². The summed E-state index contributed by atoms with van der Waals surface area (Å²) in [5, 5.41) is 0. The van der Waals surface area contributed by atoms with E-state index in [0.29, 0.717) is 0 Å². The zero-order valence-electron chi connectivity index (χ0n) is 14.8. The zero-order valence-corrected chi connectivity index (χ0v) is 18.8. The van der Waals surface area contributed by atoms with Gasteiger partial charge in [-0.3, -0.25) is 0 Å². The summed E-state index contributed by atoms with van der Waals surface area (Å²) in [7, 11) is 0. The van der Waals surface area contributed by atoms with E-state index in [1.807, 2.05) is 24.3 Å². The second-order valence-corrected chi connectivity index (χ2v) is 5.30. The van der Waals surface area contributed by atoms with Crippen molar-refractivity contribution in [2.24, 2.45) is 0 Å². The Balaban J connectivity index is -0.000000346.